The van der Waals surface area contributed by atoms with Crippen molar-refractivity contribution in [3.05, 3.63) is 122 Å². The first-order valence-electron chi connectivity index (χ1n) is 36.8. The van der Waals surface area contributed by atoms with Crippen molar-refractivity contribution in [2.24, 2.45) is 0 Å². The molecule has 1 amide bonds. The molecule has 2 rings (SSSR count). The van der Waals surface area contributed by atoms with Crippen LogP contribution in [0.4, 0.5) is 0 Å². The molecule has 14 nitrogen and oxygen atoms in total. The third-order valence-electron chi connectivity index (χ3n) is 17.1. The summed E-state index contributed by atoms with van der Waals surface area (Å²) < 4.78 is 22.8. The van der Waals surface area contributed by atoms with E-state index in [9.17, 15) is 45.6 Å². The predicted octanol–water partition coefficient (Wildman–Crippen LogP) is 15.7. The lowest BCUT2D eigenvalue weighted by atomic mass is 9.97. The number of hydrogen-bond donors (Lipinski definition) is 9. The minimum Gasteiger partial charge on any atom is -0.394 e. The largest absolute Gasteiger partial charge is 0.394 e. The molecule has 12 unspecified atom stereocenters. The molecule has 528 valence electrons. The summed E-state index contributed by atoms with van der Waals surface area (Å²) >= 11 is 0. The van der Waals surface area contributed by atoms with Gasteiger partial charge in [-0.2, -0.15) is 0 Å². The summed E-state index contributed by atoms with van der Waals surface area (Å²) in [5, 5.41) is 87.5. The lowest BCUT2D eigenvalue weighted by Crippen LogP contribution is -2.65. The molecule has 0 aromatic carbocycles. The quantitative estimate of drug-likeness (QED) is 0.0204. The van der Waals surface area contributed by atoms with Crippen LogP contribution in [0.3, 0.4) is 0 Å². The standard InChI is InChI=1S/C78H133NO13/c1-3-5-7-9-11-13-15-17-19-21-23-25-27-29-31-32-33-34-36-37-39-41-43-45-47-49-51-53-55-57-59-61-67(82)66(65-89-77-75(88)73(86)76(69(64-81)91-77)92-78-74(87)72(85)71(84)68(63-80)90-78)79-70(83)62-60-58-56-54-52-50-48-46-44-42-40-38-35-30-28-26-24-22-20-18-16-14-12-10-8-6-4-2/h6,8,12,14,18,20,24,26,30,35,40,42,46,48,51-54,59,61,66-69,71-78,80-82,84-88H,3-5,7,9-11,13,15-17,19,21-23,25,27-29,31-34,36-39,41,43-45,47,49-50,55-58,60,62-65H2,1-2H3,(H,79,83)/b8-6-,14-12-,20-18-,26-24-,35-30-,42-40-,48-46-,53-51+,54-52-,61-59+. The predicted molar refractivity (Wildman–Crippen MR) is 378 cm³/mol. The Labute approximate surface area is 558 Å². The van der Waals surface area contributed by atoms with Crippen molar-refractivity contribution < 1.29 is 64.6 Å². The summed E-state index contributed by atoms with van der Waals surface area (Å²) in [6.45, 7) is 2.65. The van der Waals surface area contributed by atoms with E-state index in [0.717, 1.165) is 77.0 Å². The van der Waals surface area contributed by atoms with Crippen LogP contribution in [-0.4, -0.2) is 140 Å². The average Bonchev–Trinajstić information content (AvgIpc) is 0.882. The molecule has 2 fully saturated rings. The molecule has 9 N–H and O–H groups in total. The smallest absolute Gasteiger partial charge is 0.220 e. The first kappa shape index (κ1) is 84.5. The minimum absolute atomic E-state index is 0.210. The normalized spacial score (nSPS) is 23.4. The summed E-state index contributed by atoms with van der Waals surface area (Å²) in [6, 6.07) is -0.967. The molecule has 0 aromatic heterocycles. The van der Waals surface area contributed by atoms with Crippen molar-refractivity contribution in [1.29, 1.82) is 0 Å². The second-order valence-corrected chi connectivity index (χ2v) is 25.3. The van der Waals surface area contributed by atoms with Gasteiger partial charge in [0.25, 0.3) is 0 Å². The van der Waals surface area contributed by atoms with E-state index in [-0.39, 0.29) is 18.9 Å². The van der Waals surface area contributed by atoms with E-state index < -0.39 is 86.8 Å². The maximum atomic E-state index is 13.3. The van der Waals surface area contributed by atoms with Crippen LogP contribution in [0.25, 0.3) is 0 Å². The number of allylic oxidation sites excluding steroid dienone is 19. The number of nitrogens with one attached hydrogen (secondary N) is 1. The molecule has 0 spiro atoms. The average molecular weight is 1290 g/mol. The van der Waals surface area contributed by atoms with Crippen LogP contribution in [0.5, 0.6) is 0 Å². The zero-order valence-corrected chi connectivity index (χ0v) is 57.5. The van der Waals surface area contributed by atoms with Gasteiger partial charge in [0.1, 0.15) is 48.8 Å². The van der Waals surface area contributed by atoms with Crippen LogP contribution in [0.1, 0.15) is 271 Å². The molecule has 0 radical (unpaired) electrons. The Balaban J connectivity index is 1.71. The first-order chi connectivity index (χ1) is 45.1. The summed E-state index contributed by atoms with van der Waals surface area (Å²) in [5.74, 6) is -0.294. The number of rotatable bonds is 59. The Bertz CT molecular complexity index is 2010. The number of aliphatic hydroxyl groups excluding tert-OH is 8. The van der Waals surface area contributed by atoms with Crippen LogP contribution >= 0.6 is 0 Å². The van der Waals surface area contributed by atoms with E-state index in [0.29, 0.717) is 12.8 Å². The van der Waals surface area contributed by atoms with Crippen LogP contribution in [0, 0.1) is 0 Å². The molecule has 92 heavy (non-hydrogen) atoms. The minimum atomic E-state index is -1.80. The lowest BCUT2D eigenvalue weighted by molar-refractivity contribution is -0.359. The zero-order valence-electron chi connectivity index (χ0n) is 57.5. The second kappa shape index (κ2) is 61.0. The molecular weight excluding hydrogens is 1160 g/mol. The lowest BCUT2D eigenvalue weighted by Gasteiger charge is -2.46. The summed E-state index contributed by atoms with van der Waals surface area (Å²) in [7, 11) is 0. The molecule has 12 atom stereocenters. The highest BCUT2D eigenvalue weighted by Crippen LogP contribution is 2.30. The van der Waals surface area contributed by atoms with Crippen LogP contribution in [0.2, 0.25) is 0 Å². The highest BCUT2D eigenvalue weighted by atomic mass is 16.7. The van der Waals surface area contributed by atoms with Gasteiger partial charge in [0.15, 0.2) is 12.6 Å². The third-order valence-corrected chi connectivity index (χ3v) is 17.1. The van der Waals surface area contributed by atoms with Gasteiger partial charge in [0, 0.05) is 6.42 Å². The van der Waals surface area contributed by atoms with Crippen molar-refractivity contribution in [2.45, 2.75) is 344 Å². The van der Waals surface area contributed by atoms with Crippen LogP contribution < -0.4 is 5.32 Å². The van der Waals surface area contributed by atoms with Gasteiger partial charge < -0.3 is 65.1 Å². The molecular formula is C78H133NO13. The van der Waals surface area contributed by atoms with Crippen molar-refractivity contribution in [2.75, 3.05) is 19.8 Å². The monoisotopic (exact) mass is 1290 g/mol. The molecule has 2 heterocycles. The Morgan fingerprint density at radius 3 is 1.20 bits per heavy atom. The molecule has 2 aliphatic rings. The van der Waals surface area contributed by atoms with E-state index in [2.05, 4.69) is 129 Å². The van der Waals surface area contributed by atoms with Gasteiger partial charge in [-0.15, -0.1) is 0 Å². The first-order valence-corrected chi connectivity index (χ1v) is 36.8. The van der Waals surface area contributed by atoms with Gasteiger partial charge in [0.05, 0.1) is 32.0 Å². The molecule has 0 bridgehead atoms. The van der Waals surface area contributed by atoms with E-state index in [1.165, 1.54) is 161 Å². The Morgan fingerprint density at radius 1 is 0.402 bits per heavy atom. The van der Waals surface area contributed by atoms with Crippen LogP contribution in [-0.2, 0) is 23.7 Å². The van der Waals surface area contributed by atoms with Gasteiger partial charge in [0.2, 0.25) is 5.91 Å². The van der Waals surface area contributed by atoms with Crippen molar-refractivity contribution in [1.82, 2.24) is 5.32 Å². The van der Waals surface area contributed by atoms with Gasteiger partial charge in [-0.3, -0.25) is 4.79 Å². The number of unbranched alkanes of at least 4 members (excludes halogenated alkanes) is 28. The fourth-order valence-corrected chi connectivity index (χ4v) is 11.3. The van der Waals surface area contributed by atoms with Crippen molar-refractivity contribution >= 4 is 5.91 Å². The van der Waals surface area contributed by atoms with E-state index in [1.807, 2.05) is 6.08 Å². The van der Waals surface area contributed by atoms with Gasteiger partial charge in [-0.25, -0.2) is 0 Å². The molecule has 0 saturated carbocycles. The van der Waals surface area contributed by atoms with E-state index in [1.54, 1.807) is 6.08 Å². The van der Waals surface area contributed by atoms with Crippen molar-refractivity contribution in [3.8, 4) is 0 Å². The highest BCUT2D eigenvalue weighted by Gasteiger charge is 2.51. The second-order valence-electron chi connectivity index (χ2n) is 25.3. The number of amides is 1. The topological polar surface area (TPSA) is 228 Å². The third kappa shape index (κ3) is 44.2. The van der Waals surface area contributed by atoms with Crippen LogP contribution in [0.15, 0.2) is 122 Å². The summed E-state index contributed by atoms with van der Waals surface area (Å²) in [4.78, 5) is 13.3. The number of carbonyl (C=O) groups is 1. The Kier molecular flexibility index (Phi) is 56.0. The molecule has 0 aliphatic carbocycles. The molecule has 2 saturated heterocycles. The van der Waals surface area contributed by atoms with Crippen molar-refractivity contribution in [3.63, 3.8) is 0 Å². The molecule has 2 aliphatic heterocycles. The Morgan fingerprint density at radius 2 is 0.761 bits per heavy atom. The number of hydrogen-bond acceptors (Lipinski definition) is 13. The number of ether oxygens (including phenoxy) is 4. The van der Waals surface area contributed by atoms with Gasteiger partial charge in [-0.05, 0) is 96.3 Å². The van der Waals surface area contributed by atoms with E-state index >= 15 is 0 Å². The summed E-state index contributed by atoms with van der Waals surface area (Å²) in [6.07, 6.45) is 72.7. The van der Waals surface area contributed by atoms with Gasteiger partial charge >= 0.3 is 0 Å². The summed E-state index contributed by atoms with van der Waals surface area (Å²) in [5.41, 5.74) is 0. The fraction of sp³-hybridized carbons (Fsp3) is 0.731. The highest BCUT2D eigenvalue weighted by molar-refractivity contribution is 5.76. The molecule has 0 aromatic rings. The number of aliphatic hydroxyl groups is 8. The number of carbonyl (C=O) groups excluding carboxylic acids is 1. The molecule has 14 heteroatoms. The van der Waals surface area contributed by atoms with Gasteiger partial charge in [-0.1, -0.05) is 289 Å². The maximum absolute atomic E-state index is 13.3. The maximum Gasteiger partial charge on any atom is 0.220 e. The SMILES string of the molecule is CC/C=C\C/C=C\C/C=C\C/C=C\C/C=C\C/C=C\C/C=C\C/C=C\CCCCC(=O)NC(COC1OC(CO)C(OC2OC(CO)C(O)C(O)C2O)C(O)C1O)C(O)/C=C/CC/C=C/CCCCCCCCCCCCCCCCCCCCCCCCCCC. The van der Waals surface area contributed by atoms with E-state index in [4.69, 9.17) is 18.9 Å². The Hall–Kier alpha value is -3.61. The zero-order chi connectivity index (χ0) is 66.6. The fourth-order valence-electron chi connectivity index (χ4n) is 11.3.